The molecular weight excluding hydrogens is 391 g/mol. The highest BCUT2D eigenvalue weighted by Crippen LogP contribution is 2.35. The highest BCUT2D eigenvalue weighted by atomic mass is 35.5. The summed E-state index contributed by atoms with van der Waals surface area (Å²) >= 11 is 13.5. The van der Waals surface area contributed by atoms with Crippen molar-refractivity contribution in [1.82, 2.24) is 20.1 Å². The Morgan fingerprint density at radius 2 is 2.00 bits per heavy atom. The van der Waals surface area contributed by atoms with Gasteiger partial charge in [0.15, 0.2) is 0 Å². The lowest BCUT2D eigenvalue weighted by Gasteiger charge is -2.05. The maximum atomic E-state index is 12.4. The SMILES string of the molecule is O=C(NCCc1nncn1C1CC1)c1ccc(-c2cc(Cl)cc(Cl)c2)s1. The van der Waals surface area contributed by atoms with Crippen LogP contribution in [0.4, 0.5) is 0 Å². The summed E-state index contributed by atoms with van der Waals surface area (Å²) in [7, 11) is 0. The maximum Gasteiger partial charge on any atom is 0.261 e. The van der Waals surface area contributed by atoms with Gasteiger partial charge in [-0.05, 0) is 48.7 Å². The summed E-state index contributed by atoms with van der Waals surface area (Å²) in [4.78, 5) is 14.0. The number of carbonyl (C=O) groups excluding carboxylic acids is 1. The Kier molecular flexibility index (Phi) is 4.98. The number of thiophene rings is 1. The average molecular weight is 407 g/mol. The second-order valence-corrected chi connectivity index (χ2v) is 8.17. The molecule has 134 valence electrons. The van der Waals surface area contributed by atoms with E-state index in [-0.39, 0.29) is 5.91 Å². The van der Waals surface area contributed by atoms with Crippen molar-refractivity contribution in [2.24, 2.45) is 0 Å². The molecule has 5 nitrogen and oxygen atoms in total. The van der Waals surface area contributed by atoms with Crippen LogP contribution in [-0.2, 0) is 6.42 Å². The molecule has 0 radical (unpaired) electrons. The predicted molar refractivity (Wildman–Crippen MR) is 104 cm³/mol. The van der Waals surface area contributed by atoms with E-state index in [0.717, 1.165) is 16.3 Å². The first-order valence-electron chi connectivity index (χ1n) is 8.33. The van der Waals surface area contributed by atoms with Gasteiger partial charge >= 0.3 is 0 Å². The fourth-order valence-corrected chi connectivity index (χ4v) is 4.23. The van der Waals surface area contributed by atoms with Crippen molar-refractivity contribution in [3.8, 4) is 10.4 Å². The largest absolute Gasteiger partial charge is 0.351 e. The lowest BCUT2D eigenvalue weighted by atomic mass is 10.2. The number of nitrogens with one attached hydrogen (secondary N) is 1. The summed E-state index contributed by atoms with van der Waals surface area (Å²) < 4.78 is 2.11. The summed E-state index contributed by atoms with van der Waals surface area (Å²) in [5, 5.41) is 12.2. The number of carbonyl (C=O) groups is 1. The Morgan fingerprint density at radius 3 is 2.73 bits per heavy atom. The fourth-order valence-electron chi connectivity index (χ4n) is 2.79. The van der Waals surface area contributed by atoms with Crippen molar-refractivity contribution in [1.29, 1.82) is 0 Å². The third-order valence-corrected chi connectivity index (χ3v) is 5.77. The third kappa shape index (κ3) is 3.92. The second-order valence-electron chi connectivity index (χ2n) is 6.21. The van der Waals surface area contributed by atoms with E-state index >= 15 is 0 Å². The van der Waals surface area contributed by atoms with Crippen LogP contribution in [0.15, 0.2) is 36.7 Å². The number of amides is 1. The van der Waals surface area contributed by atoms with Gasteiger partial charge in [0.2, 0.25) is 0 Å². The summed E-state index contributed by atoms with van der Waals surface area (Å²) in [5.74, 6) is 0.833. The maximum absolute atomic E-state index is 12.4. The number of hydrogen-bond acceptors (Lipinski definition) is 4. The van der Waals surface area contributed by atoms with Crippen LogP contribution in [0.25, 0.3) is 10.4 Å². The van der Waals surface area contributed by atoms with E-state index in [1.807, 2.05) is 24.3 Å². The zero-order valence-electron chi connectivity index (χ0n) is 13.8. The van der Waals surface area contributed by atoms with Gasteiger partial charge in [-0.15, -0.1) is 21.5 Å². The molecule has 1 fully saturated rings. The van der Waals surface area contributed by atoms with Crippen molar-refractivity contribution in [2.75, 3.05) is 6.54 Å². The molecule has 0 unspecified atom stereocenters. The van der Waals surface area contributed by atoms with Crippen LogP contribution in [0.3, 0.4) is 0 Å². The summed E-state index contributed by atoms with van der Waals surface area (Å²) in [5.41, 5.74) is 0.907. The first-order chi connectivity index (χ1) is 12.6. The fraction of sp³-hybridized carbons (Fsp3) is 0.278. The van der Waals surface area contributed by atoms with Crippen LogP contribution in [0.5, 0.6) is 0 Å². The smallest absolute Gasteiger partial charge is 0.261 e. The molecule has 1 saturated carbocycles. The molecule has 1 amide bonds. The number of halogens is 2. The van der Waals surface area contributed by atoms with Gasteiger partial charge in [-0.2, -0.15) is 0 Å². The van der Waals surface area contributed by atoms with Gasteiger partial charge in [0.05, 0.1) is 4.88 Å². The Hall–Kier alpha value is -1.89. The van der Waals surface area contributed by atoms with E-state index in [2.05, 4.69) is 20.1 Å². The lowest BCUT2D eigenvalue weighted by Crippen LogP contribution is -2.25. The van der Waals surface area contributed by atoms with E-state index in [1.54, 1.807) is 12.4 Å². The third-order valence-electron chi connectivity index (χ3n) is 4.20. The molecule has 0 atom stereocenters. The van der Waals surface area contributed by atoms with Gasteiger partial charge in [0.1, 0.15) is 12.2 Å². The minimum Gasteiger partial charge on any atom is -0.351 e. The monoisotopic (exact) mass is 406 g/mol. The minimum absolute atomic E-state index is 0.0909. The average Bonchev–Trinajstić information content (AvgIpc) is 3.14. The summed E-state index contributed by atoms with van der Waals surface area (Å²) in [6.45, 7) is 0.528. The van der Waals surface area contributed by atoms with Crippen LogP contribution in [0.2, 0.25) is 10.0 Å². The minimum atomic E-state index is -0.0909. The number of nitrogens with zero attached hydrogens (tertiary/aromatic N) is 3. The molecule has 1 aliphatic rings. The summed E-state index contributed by atoms with van der Waals surface area (Å²) in [6, 6.07) is 9.63. The van der Waals surface area contributed by atoms with Gasteiger partial charge in [0.25, 0.3) is 5.91 Å². The first kappa shape index (κ1) is 17.5. The zero-order chi connectivity index (χ0) is 18.1. The molecule has 1 aliphatic carbocycles. The van der Waals surface area contributed by atoms with Gasteiger partial charge in [-0.25, -0.2) is 0 Å². The van der Waals surface area contributed by atoms with Crippen LogP contribution in [-0.4, -0.2) is 27.2 Å². The van der Waals surface area contributed by atoms with E-state index in [4.69, 9.17) is 23.2 Å². The first-order valence-corrected chi connectivity index (χ1v) is 9.90. The Morgan fingerprint density at radius 1 is 1.23 bits per heavy atom. The van der Waals surface area contributed by atoms with Crippen LogP contribution < -0.4 is 5.32 Å². The number of benzene rings is 1. The highest BCUT2D eigenvalue weighted by Gasteiger charge is 2.25. The van der Waals surface area contributed by atoms with Gasteiger partial charge in [0, 0.05) is 33.9 Å². The van der Waals surface area contributed by atoms with Gasteiger partial charge in [-0.1, -0.05) is 23.2 Å². The van der Waals surface area contributed by atoms with Crippen molar-refractivity contribution >= 4 is 40.4 Å². The molecule has 2 aromatic heterocycles. The molecule has 8 heteroatoms. The predicted octanol–water partition coefficient (Wildman–Crippen LogP) is 4.62. The lowest BCUT2D eigenvalue weighted by molar-refractivity contribution is 0.0958. The molecule has 26 heavy (non-hydrogen) atoms. The molecule has 0 spiro atoms. The molecule has 1 aromatic carbocycles. The molecule has 1 N–H and O–H groups in total. The molecular formula is C18H16Cl2N4OS. The molecule has 0 bridgehead atoms. The molecule has 4 rings (SSSR count). The Bertz CT molecular complexity index is 928. The Labute approximate surface area is 165 Å². The van der Waals surface area contributed by atoms with Crippen LogP contribution in [0.1, 0.15) is 34.4 Å². The van der Waals surface area contributed by atoms with E-state index < -0.39 is 0 Å². The summed E-state index contributed by atoms with van der Waals surface area (Å²) in [6.07, 6.45) is 4.81. The number of hydrogen-bond donors (Lipinski definition) is 1. The van der Waals surface area contributed by atoms with Crippen molar-refractivity contribution in [2.45, 2.75) is 25.3 Å². The van der Waals surface area contributed by atoms with Crippen LogP contribution in [0, 0.1) is 0 Å². The van der Waals surface area contributed by atoms with E-state index in [1.165, 1.54) is 24.2 Å². The molecule has 0 aliphatic heterocycles. The van der Waals surface area contributed by atoms with Gasteiger partial charge < -0.3 is 9.88 Å². The quantitative estimate of drug-likeness (QED) is 0.649. The number of rotatable bonds is 6. The zero-order valence-corrected chi connectivity index (χ0v) is 16.1. The molecule has 0 saturated heterocycles. The molecule has 2 heterocycles. The standard InChI is InChI=1S/C18H16Cl2N4OS/c19-12-7-11(8-13(20)9-12)15-3-4-16(26-15)18(25)21-6-5-17-23-22-10-24(17)14-1-2-14/h3-4,7-10,14H,1-2,5-6H2,(H,21,25). The van der Waals surface area contributed by atoms with Crippen molar-refractivity contribution in [3.05, 3.63) is 57.4 Å². The van der Waals surface area contributed by atoms with E-state index in [9.17, 15) is 4.79 Å². The van der Waals surface area contributed by atoms with Gasteiger partial charge in [-0.3, -0.25) is 4.79 Å². The second kappa shape index (κ2) is 7.39. The van der Waals surface area contributed by atoms with Crippen LogP contribution >= 0.6 is 34.5 Å². The Balaban J connectivity index is 1.38. The van der Waals surface area contributed by atoms with Crippen molar-refractivity contribution in [3.63, 3.8) is 0 Å². The van der Waals surface area contributed by atoms with Crippen molar-refractivity contribution < 1.29 is 4.79 Å². The normalized spacial score (nSPS) is 13.8. The molecule has 3 aromatic rings. The number of aromatic nitrogens is 3. The topological polar surface area (TPSA) is 59.8 Å². The van der Waals surface area contributed by atoms with E-state index in [0.29, 0.717) is 33.9 Å². The highest BCUT2D eigenvalue weighted by molar-refractivity contribution is 7.17.